The Labute approximate surface area is 147 Å². The fourth-order valence-electron chi connectivity index (χ4n) is 3.32. The minimum Gasteiger partial charge on any atom is -0.373 e. The van der Waals surface area contributed by atoms with E-state index in [1.165, 1.54) is 5.56 Å². The van der Waals surface area contributed by atoms with Crippen molar-refractivity contribution in [3.63, 3.8) is 0 Å². The van der Waals surface area contributed by atoms with Gasteiger partial charge in [0.15, 0.2) is 0 Å². The molecule has 0 aliphatic carbocycles. The summed E-state index contributed by atoms with van der Waals surface area (Å²) >= 11 is 0. The molecule has 0 unspecified atom stereocenters. The van der Waals surface area contributed by atoms with Gasteiger partial charge in [0.1, 0.15) is 6.33 Å². The van der Waals surface area contributed by atoms with Crippen molar-refractivity contribution in [2.24, 2.45) is 0 Å². The van der Waals surface area contributed by atoms with Crippen LogP contribution in [0, 0.1) is 0 Å². The van der Waals surface area contributed by atoms with E-state index < -0.39 is 0 Å². The molecule has 0 amide bonds. The van der Waals surface area contributed by atoms with E-state index in [-0.39, 0.29) is 0 Å². The lowest BCUT2D eigenvalue weighted by Gasteiger charge is -2.33. The van der Waals surface area contributed by atoms with Crippen molar-refractivity contribution in [2.75, 3.05) is 18.0 Å². The van der Waals surface area contributed by atoms with Gasteiger partial charge in [-0.1, -0.05) is 37.3 Å². The van der Waals surface area contributed by atoms with E-state index in [0.717, 1.165) is 49.4 Å². The Hall–Kier alpha value is -2.47. The van der Waals surface area contributed by atoms with Gasteiger partial charge in [-0.2, -0.15) is 9.61 Å². The summed E-state index contributed by atoms with van der Waals surface area (Å²) in [6.07, 6.45) is 4.94. The van der Waals surface area contributed by atoms with Gasteiger partial charge in [0, 0.05) is 13.1 Å². The van der Waals surface area contributed by atoms with Crippen molar-refractivity contribution in [3.8, 4) is 0 Å². The zero-order valence-corrected chi connectivity index (χ0v) is 14.5. The Morgan fingerprint density at radius 3 is 2.72 bits per heavy atom. The highest BCUT2D eigenvalue weighted by atomic mass is 16.5. The molecule has 1 aliphatic heterocycles. The van der Waals surface area contributed by atoms with E-state index in [1.807, 2.05) is 6.07 Å². The van der Waals surface area contributed by atoms with E-state index in [4.69, 9.17) is 4.74 Å². The third kappa shape index (κ3) is 3.49. The van der Waals surface area contributed by atoms with Crippen LogP contribution in [0.2, 0.25) is 0 Å². The third-order valence-corrected chi connectivity index (χ3v) is 4.77. The molecule has 25 heavy (non-hydrogen) atoms. The van der Waals surface area contributed by atoms with Crippen LogP contribution in [0.25, 0.3) is 5.65 Å². The second kappa shape index (κ2) is 7.19. The maximum Gasteiger partial charge on any atom is 0.200 e. The highest BCUT2D eigenvalue weighted by Gasteiger charge is 2.22. The molecular weight excluding hydrogens is 314 g/mol. The number of rotatable bonds is 5. The summed E-state index contributed by atoms with van der Waals surface area (Å²) < 4.78 is 7.88. The molecule has 3 heterocycles. The molecule has 0 N–H and O–H groups in total. The topological polar surface area (TPSA) is 55.5 Å². The van der Waals surface area contributed by atoms with Crippen molar-refractivity contribution >= 4 is 11.3 Å². The van der Waals surface area contributed by atoms with Crippen LogP contribution in [0.1, 0.15) is 31.0 Å². The number of nitrogens with zero attached hydrogens (tertiary/aromatic N) is 5. The summed E-state index contributed by atoms with van der Waals surface area (Å²) in [5.74, 6) is 0. The molecule has 0 spiro atoms. The molecule has 130 valence electrons. The fraction of sp³-hybridized carbons (Fsp3) is 0.421. The second-order valence-electron chi connectivity index (χ2n) is 6.46. The van der Waals surface area contributed by atoms with Crippen molar-refractivity contribution in [1.82, 2.24) is 19.8 Å². The summed E-state index contributed by atoms with van der Waals surface area (Å²) in [4.78, 5) is 2.38. The Bertz CT molecular complexity index is 824. The molecule has 6 heteroatoms. The van der Waals surface area contributed by atoms with Crippen LogP contribution in [-0.4, -0.2) is 39.0 Å². The van der Waals surface area contributed by atoms with Gasteiger partial charge in [0.25, 0.3) is 0 Å². The Kier molecular flexibility index (Phi) is 4.61. The summed E-state index contributed by atoms with van der Waals surface area (Å²) in [5, 5.41) is 12.8. The largest absolute Gasteiger partial charge is 0.373 e. The van der Waals surface area contributed by atoms with Crippen molar-refractivity contribution < 1.29 is 4.74 Å². The molecule has 1 saturated heterocycles. The number of benzene rings is 1. The monoisotopic (exact) mass is 337 g/mol. The summed E-state index contributed by atoms with van der Waals surface area (Å²) in [6, 6.07) is 12.5. The van der Waals surface area contributed by atoms with Crippen LogP contribution in [0.4, 0.5) is 5.69 Å². The van der Waals surface area contributed by atoms with Gasteiger partial charge >= 0.3 is 0 Å². The van der Waals surface area contributed by atoms with Crippen molar-refractivity contribution in [2.45, 2.75) is 38.9 Å². The van der Waals surface area contributed by atoms with Gasteiger partial charge in [-0.05, 0) is 30.9 Å². The first-order chi connectivity index (χ1) is 12.3. The molecule has 4 rings (SSSR count). The molecule has 6 nitrogen and oxygen atoms in total. The summed E-state index contributed by atoms with van der Waals surface area (Å²) in [7, 11) is 0. The highest BCUT2D eigenvalue weighted by molar-refractivity contribution is 5.68. The minimum absolute atomic E-state index is 0.317. The number of aromatic nitrogens is 4. The molecular formula is C19H23N5O. The van der Waals surface area contributed by atoms with Gasteiger partial charge < -0.3 is 9.64 Å². The van der Waals surface area contributed by atoms with Crippen LogP contribution in [0.5, 0.6) is 0 Å². The standard InChI is InChI=1S/C19H23N5O/c1-2-16-12-18(19-21-20-14-24(19)22-16)23-10-8-17(9-11-23)25-13-15-6-4-3-5-7-15/h3-7,12,14,17H,2,8-11,13H2,1H3. The number of ether oxygens (including phenoxy) is 1. The predicted octanol–water partition coefficient (Wildman–Crippen LogP) is 2.87. The van der Waals surface area contributed by atoms with Gasteiger partial charge in [-0.3, -0.25) is 0 Å². The second-order valence-corrected chi connectivity index (χ2v) is 6.46. The Morgan fingerprint density at radius 1 is 1.16 bits per heavy atom. The third-order valence-electron chi connectivity index (χ3n) is 4.77. The van der Waals surface area contributed by atoms with Crippen LogP contribution in [0.3, 0.4) is 0 Å². The molecule has 1 aliphatic rings. The SMILES string of the molecule is CCc1cc(N2CCC(OCc3ccccc3)CC2)c2nncn2n1. The lowest BCUT2D eigenvalue weighted by molar-refractivity contribution is 0.0251. The normalized spacial score (nSPS) is 15.8. The highest BCUT2D eigenvalue weighted by Crippen LogP contribution is 2.25. The van der Waals surface area contributed by atoms with Crippen molar-refractivity contribution in [1.29, 1.82) is 0 Å². The number of fused-ring (bicyclic) bond motifs is 1. The van der Waals surface area contributed by atoms with Gasteiger partial charge in [0.05, 0.1) is 24.1 Å². The summed E-state index contributed by atoms with van der Waals surface area (Å²) in [6.45, 7) is 4.74. The van der Waals surface area contributed by atoms with Crippen LogP contribution in [-0.2, 0) is 17.8 Å². The van der Waals surface area contributed by atoms with E-state index in [9.17, 15) is 0 Å². The van der Waals surface area contributed by atoms with Gasteiger partial charge in [0.2, 0.25) is 5.65 Å². The number of hydrogen-bond acceptors (Lipinski definition) is 5. The number of anilines is 1. The Balaban J connectivity index is 1.41. The van der Waals surface area contributed by atoms with E-state index in [1.54, 1.807) is 10.8 Å². The molecule has 0 saturated carbocycles. The molecule has 0 bridgehead atoms. The molecule has 3 aromatic rings. The lowest BCUT2D eigenvalue weighted by atomic mass is 10.1. The first kappa shape index (κ1) is 16.0. The zero-order chi connectivity index (χ0) is 17.1. The first-order valence-corrected chi connectivity index (χ1v) is 8.94. The van der Waals surface area contributed by atoms with Crippen LogP contribution < -0.4 is 4.90 Å². The maximum atomic E-state index is 6.10. The molecule has 1 aromatic carbocycles. The van der Waals surface area contributed by atoms with E-state index >= 15 is 0 Å². The zero-order valence-electron chi connectivity index (χ0n) is 14.5. The van der Waals surface area contributed by atoms with E-state index in [0.29, 0.717) is 12.7 Å². The number of aryl methyl sites for hydroxylation is 1. The maximum absolute atomic E-state index is 6.10. The molecule has 0 radical (unpaired) electrons. The smallest absolute Gasteiger partial charge is 0.200 e. The number of piperidine rings is 1. The quantitative estimate of drug-likeness (QED) is 0.716. The first-order valence-electron chi connectivity index (χ1n) is 8.94. The van der Waals surface area contributed by atoms with Crippen LogP contribution >= 0.6 is 0 Å². The average molecular weight is 337 g/mol. The molecule has 2 aromatic heterocycles. The van der Waals surface area contributed by atoms with Gasteiger partial charge in [-0.25, -0.2) is 0 Å². The molecule has 1 fully saturated rings. The minimum atomic E-state index is 0.317. The summed E-state index contributed by atoms with van der Waals surface area (Å²) in [5.41, 5.74) is 4.26. The number of hydrogen-bond donors (Lipinski definition) is 0. The average Bonchev–Trinajstić information content (AvgIpc) is 3.15. The Morgan fingerprint density at radius 2 is 1.96 bits per heavy atom. The van der Waals surface area contributed by atoms with Crippen LogP contribution in [0.15, 0.2) is 42.7 Å². The fourth-order valence-corrected chi connectivity index (χ4v) is 3.32. The lowest BCUT2D eigenvalue weighted by Crippen LogP contribution is -2.37. The van der Waals surface area contributed by atoms with Crippen molar-refractivity contribution in [3.05, 3.63) is 54.0 Å². The van der Waals surface area contributed by atoms with Gasteiger partial charge in [-0.15, -0.1) is 10.2 Å². The molecule has 0 atom stereocenters. The predicted molar refractivity (Wildman–Crippen MR) is 96.6 cm³/mol. The van der Waals surface area contributed by atoms with E-state index in [2.05, 4.69) is 57.5 Å².